The molecule has 140 valence electrons. The van der Waals surface area contributed by atoms with Gasteiger partial charge in [0.05, 0.1) is 13.2 Å². The minimum absolute atomic E-state index is 0.601. The van der Waals surface area contributed by atoms with Gasteiger partial charge < -0.3 is 19.9 Å². The van der Waals surface area contributed by atoms with Gasteiger partial charge in [0.25, 0.3) is 0 Å². The number of likely N-dealkylation sites (tertiary alicyclic amines) is 1. The van der Waals surface area contributed by atoms with E-state index in [0.29, 0.717) is 12.5 Å². The van der Waals surface area contributed by atoms with Crippen molar-refractivity contribution in [2.75, 3.05) is 51.3 Å². The van der Waals surface area contributed by atoms with Gasteiger partial charge >= 0.3 is 0 Å². The minimum Gasteiger partial charge on any atom is -0.384 e. The molecule has 1 aromatic rings. The Hall–Kier alpha value is -1.82. The summed E-state index contributed by atoms with van der Waals surface area (Å²) in [7, 11) is 1.77. The predicted molar refractivity (Wildman–Crippen MR) is 104 cm³/mol. The lowest BCUT2D eigenvalue weighted by molar-refractivity contribution is 0.157. The molecule has 6 nitrogen and oxygen atoms in total. The second-order valence-electron chi connectivity index (χ2n) is 6.42. The summed E-state index contributed by atoms with van der Waals surface area (Å²) in [6.07, 6.45) is 3.11. The first kappa shape index (κ1) is 19.5. The zero-order valence-electron chi connectivity index (χ0n) is 16.2. The number of rotatable bonds is 8. The average Bonchev–Trinajstić information content (AvgIpc) is 3.09. The van der Waals surface area contributed by atoms with Gasteiger partial charge in [0.1, 0.15) is 5.82 Å². The fraction of sp³-hybridized carbons (Fsp3) is 0.684. The van der Waals surface area contributed by atoms with E-state index in [2.05, 4.69) is 53.0 Å². The Morgan fingerprint density at radius 2 is 2.16 bits per heavy atom. The van der Waals surface area contributed by atoms with Crippen molar-refractivity contribution in [2.45, 2.75) is 33.7 Å². The summed E-state index contributed by atoms with van der Waals surface area (Å²) >= 11 is 0. The molecule has 0 bridgehead atoms. The lowest BCUT2D eigenvalue weighted by Gasteiger charge is -2.22. The molecule has 0 amide bonds. The van der Waals surface area contributed by atoms with Crippen LogP contribution in [0, 0.1) is 5.92 Å². The fourth-order valence-corrected chi connectivity index (χ4v) is 3.23. The van der Waals surface area contributed by atoms with Gasteiger partial charge in [-0.25, -0.2) is 9.98 Å². The van der Waals surface area contributed by atoms with Crippen molar-refractivity contribution in [3.05, 3.63) is 23.9 Å². The summed E-state index contributed by atoms with van der Waals surface area (Å²) < 4.78 is 5.29. The number of nitrogens with one attached hydrogen (secondary N) is 1. The molecule has 25 heavy (non-hydrogen) atoms. The smallest absolute Gasteiger partial charge is 0.194 e. The number of ether oxygens (including phenoxy) is 1. The highest BCUT2D eigenvalue weighted by Crippen LogP contribution is 2.17. The van der Waals surface area contributed by atoms with E-state index in [1.165, 1.54) is 6.42 Å². The molecule has 6 heteroatoms. The van der Waals surface area contributed by atoms with Crippen LogP contribution in [0.4, 0.5) is 5.82 Å². The molecule has 0 saturated carbocycles. The van der Waals surface area contributed by atoms with E-state index in [-0.39, 0.29) is 0 Å². The van der Waals surface area contributed by atoms with E-state index < -0.39 is 0 Å². The first-order valence-corrected chi connectivity index (χ1v) is 9.43. The van der Waals surface area contributed by atoms with Crippen LogP contribution in [0.1, 0.15) is 32.8 Å². The van der Waals surface area contributed by atoms with Gasteiger partial charge in [0, 0.05) is 51.9 Å². The first-order chi connectivity index (χ1) is 12.2. The van der Waals surface area contributed by atoms with Gasteiger partial charge in [-0.3, -0.25) is 0 Å². The Bertz CT molecular complexity index is 527. The molecule has 1 aromatic heterocycles. The molecule has 0 aliphatic carbocycles. The van der Waals surface area contributed by atoms with Crippen LogP contribution >= 0.6 is 0 Å². The molecule has 2 heterocycles. The van der Waals surface area contributed by atoms with Crippen molar-refractivity contribution in [3.8, 4) is 0 Å². The van der Waals surface area contributed by atoms with Crippen molar-refractivity contribution in [3.63, 3.8) is 0 Å². The number of anilines is 1. The maximum absolute atomic E-state index is 5.29. The third kappa shape index (κ3) is 5.59. The van der Waals surface area contributed by atoms with Crippen LogP contribution in [0.3, 0.4) is 0 Å². The topological polar surface area (TPSA) is 53.0 Å². The van der Waals surface area contributed by atoms with Gasteiger partial charge in [-0.15, -0.1) is 0 Å². The molecule has 0 radical (unpaired) electrons. The zero-order chi connectivity index (χ0) is 18.1. The lowest BCUT2D eigenvalue weighted by atomic mass is 10.1. The summed E-state index contributed by atoms with van der Waals surface area (Å²) in [6.45, 7) is 12.8. The SMILES string of the molecule is CCNC(=NCc1ccc(N(CC)CC)nc1)N1CCC(COC)C1. The Kier molecular flexibility index (Phi) is 7.98. The number of nitrogens with zero attached hydrogens (tertiary/aromatic N) is 4. The molecule has 1 atom stereocenters. The van der Waals surface area contributed by atoms with Crippen LogP contribution in [0.25, 0.3) is 0 Å². The molecule has 0 spiro atoms. The quantitative estimate of drug-likeness (QED) is 0.578. The highest BCUT2D eigenvalue weighted by molar-refractivity contribution is 5.80. The zero-order valence-corrected chi connectivity index (χ0v) is 16.2. The van der Waals surface area contributed by atoms with Crippen LogP contribution in [-0.2, 0) is 11.3 Å². The highest BCUT2D eigenvalue weighted by Gasteiger charge is 2.24. The van der Waals surface area contributed by atoms with Gasteiger partial charge in [0.15, 0.2) is 5.96 Å². The second-order valence-corrected chi connectivity index (χ2v) is 6.42. The number of methoxy groups -OCH3 is 1. The minimum atomic E-state index is 0.601. The third-order valence-corrected chi connectivity index (χ3v) is 4.63. The van der Waals surface area contributed by atoms with Gasteiger partial charge in [0.2, 0.25) is 0 Å². The number of hydrogen-bond donors (Lipinski definition) is 1. The molecule has 1 aliphatic rings. The molecule has 1 saturated heterocycles. The van der Waals surface area contributed by atoms with Gasteiger partial charge in [-0.2, -0.15) is 0 Å². The van der Waals surface area contributed by atoms with Crippen molar-refractivity contribution < 1.29 is 4.74 Å². The number of aromatic nitrogens is 1. The van der Waals surface area contributed by atoms with Crippen LogP contribution < -0.4 is 10.2 Å². The second kappa shape index (κ2) is 10.2. The molecule has 1 N–H and O–H groups in total. The summed E-state index contributed by atoms with van der Waals surface area (Å²) in [4.78, 5) is 14.0. The molecule has 2 rings (SSSR count). The van der Waals surface area contributed by atoms with E-state index in [4.69, 9.17) is 9.73 Å². The molecule has 1 unspecified atom stereocenters. The number of guanidine groups is 1. The van der Waals surface area contributed by atoms with E-state index in [1.807, 2.05) is 6.20 Å². The fourth-order valence-electron chi connectivity index (χ4n) is 3.23. The van der Waals surface area contributed by atoms with Crippen molar-refractivity contribution >= 4 is 11.8 Å². The molecule has 1 fully saturated rings. The Labute approximate surface area is 152 Å². The normalized spacial score (nSPS) is 17.8. The van der Waals surface area contributed by atoms with Crippen molar-refractivity contribution in [2.24, 2.45) is 10.9 Å². The summed E-state index contributed by atoms with van der Waals surface area (Å²) in [5, 5.41) is 3.41. The maximum Gasteiger partial charge on any atom is 0.194 e. The predicted octanol–water partition coefficient (Wildman–Crippen LogP) is 2.36. The molecule has 0 aromatic carbocycles. The largest absolute Gasteiger partial charge is 0.384 e. The van der Waals surface area contributed by atoms with Crippen LogP contribution in [-0.4, -0.2) is 62.3 Å². The molecule has 1 aliphatic heterocycles. The molecular weight excluding hydrogens is 314 g/mol. The Balaban J connectivity index is 1.99. The van der Waals surface area contributed by atoms with E-state index in [1.54, 1.807) is 7.11 Å². The standard InChI is InChI=1S/C19H33N5O/c1-5-20-19(24-11-10-17(14-24)15-25-4)22-13-16-8-9-18(21-12-16)23(6-2)7-3/h8-9,12,17H,5-7,10-11,13-15H2,1-4H3,(H,20,22). The van der Waals surface area contributed by atoms with Crippen LogP contribution in [0.2, 0.25) is 0 Å². The number of aliphatic imine (C=N–C) groups is 1. The summed E-state index contributed by atoms with van der Waals surface area (Å²) in [6, 6.07) is 4.22. The lowest BCUT2D eigenvalue weighted by Crippen LogP contribution is -2.40. The van der Waals surface area contributed by atoms with Crippen molar-refractivity contribution in [1.29, 1.82) is 0 Å². The first-order valence-electron chi connectivity index (χ1n) is 9.43. The number of pyridine rings is 1. The van der Waals surface area contributed by atoms with E-state index in [0.717, 1.165) is 56.7 Å². The third-order valence-electron chi connectivity index (χ3n) is 4.63. The Morgan fingerprint density at radius 1 is 1.36 bits per heavy atom. The summed E-state index contributed by atoms with van der Waals surface area (Å²) in [5.74, 6) is 2.63. The van der Waals surface area contributed by atoms with Gasteiger partial charge in [-0.05, 0) is 38.8 Å². The number of hydrogen-bond acceptors (Lipinski definition) is 4. The van der Waals surface area contributed by atoms with E-state index >= 15 is 0 Å². The molecular formula is C19H33N5O. The Morgan fingerprint density at radius 3 is 2.76 bits per heavy atom. The maximum atomic E-state index is 5.29. The van der Waals surface area contributed by atoms with Crippen molar-refractivity contribution in [1.82, 2.24) is 15.2 Å². The highest BCUT2D eigenvalue weighted by atomic mass is 16.5. The summed E-state index contributed by atoms with van der Waals surface area (Å²) in [5.41, 5.74) is 1.14. The van der Waals surface area contributed by atoms with Gasteiger partial charge in [-0.1, -0.05) is 6.07 Å². The monoisotopic (exact) mass is 347 g/mol. The van der Waals surface area contributed by atoms with Crippen LogP contribution in [0.5, 0.6) is 0 Å². The average molecular weight is 348 g/mol. The van der Waals surface area contributed by atoms with Crippen LogP contribution in [0.15, 0.2) is 23.3 Å². The van der Waals surface area contributed by atoms with E-state index in [9.17, 15) is 0 Å².